The molecule has 1 amide bonds. The lowest BCUT2D eigenvalue weighted by molar-refractivity contribution is -0.145. The van der Waals surface area contributed by atoms with Crippen LogP contribution in [0.25, 0.3) is 0 Å². The van der Waals surface area contributed by atoms with E-state index in [2.05, 4.69) is 12.2 Å². The van der Waals surface area contributed by atoms with Crippen LogP contribution in [-0.2, 0) is 9.53 Å². The van der Waals surface area contributed by atoms with Gasteiger partial charge in [-0.3, -0.25) is 4.79 Å². The number of piperidine rings is 1. The van der Waals surface area contributed by atoms with E-state index in [0.717, 1.165) is 58.5 Å². The first kappa shape index (κ1) is 13.8. The van der Waals surface area contributed by atoms with E-state index in [1.54, 1.807) is 0 Å². The summed E-state index contributed by atoms with van der Waals surface area (Å²) in [7, 11) is 0. The first-order valence-electron chi connectivity index (χ1n) is 7.33. The van der Waals surface area contributed by atoms with Crippen LogP contribution in [0, 0.1) is 5.41 Å². The van der Waals surface area contributed by atoms with Crippen molar-refractivity contribution in [2.45, 2.75) is 45.6 Å². The molecule has 0 saturated carbocycles. The van der Waals surface area contributed by atoms with Crippen LogP contribution in [0.3, 0.4) is 0 Å². The van der Waals surface area contributed by atoms with E-state index in [-0.39, 0.29) is 11.5 Å². The zero-order valence-electron chi connectivity index (χ0n) is 11.7. The van der Waals surface area contributed by atoms with Gasteiger partial charge in [-0.15, -0.1) is 0 Å². The SMILES string of the molecule is CCOC1CCCN(C(=O)C2(CC)CCNC2)C1. The lowest BCUT2D eigenvalue weighted by Gasteiger charge is -2.38. The fourth-order valence-corrected chi connectivity index (χ4v) is 3.21. The van der Waals surface area contributed by atoms with E-state index in [1.165, 1.54) is 0 Å². The molecule has 2 atom stereocenters. The standard InChI is InChI=1S/C14H26N2O2/c1-3-14(7-8-15-11-14)13(17)16-9-5-6-12(10-16)18-4-2/h12,15H,3-11H2,1-2H3. The molecule has 2 unspecified atom stereocenters. The fraction of sp³-hybridized carbons (Fsp3) is 0.929. The fourth-order valence-electron chi connectivity index (χ4n) is 3.21. The minimum absolute atomic E-state index is 0.145. The van der Waals surface area contributed by atoms with Gasteiger partial charge in [0, 0.05) is 26.2 Å². The average molecular weight is 254 g/mol. The largest absolute Gasteiger partial charge is 0.377 e. The summed E-state index contributed by atoms with van der Waals surface area (Å²) in [4.78, 5) is 14.8. The molecule has 0 radical (unpaired) electrons. The number of ether oxygens (including phenoxy) is 1. The second kappa shape index (κ2) is 6.02. The number of likely N-dealkylation sites (tertiary alicyclic amines) is 1. The molecule has 2 heterocycles. The number of carbonyl (C=O) groups excluding carboxylic acids is 1. The zero-order chi connectivity index (χ0) is 13.0. The quantitative estimate of drug-likeness (QED) is 0.824. The van der Waals surface area contributed by atoms with Crippen molar-refractivity contribution in [2.75, 3.05) is 32.8 Å². The summed E-state index contributed by atoms with van der Waals surface area (Å²) in [5.74, 6) is 0.347. The van der Waals surface area contributed by atoms with Gasteiger partial charge in [0.25, 0.3) is 0 Å². The van der Waals surface area contributed by atoms with Gasteiger partial charge in [-0.25, -0.2) is 0 Å². The lowest BCUT2D eigenvalue weighted by atomic mass is 9.82. The smallest absolute Gasteiger partial charge is 0.230 e. The first-order valence-corrected chi connectivity index (χ1v) is 7.33. The molecule has 0 aromatic heterocycles. The number of hydrogen-bond acceptors (Lipinski definition) is 3. The van der Waals surface area contributed by atoms with E-state index < -0.39 is 0 Å². The van der Waals surface area contributed by atoms with E-state index in [9.17, 15) is 4.79 Å². The summed E-state index contributed by atoms with van der Waals surface area (Å²) < 4.78 is 5.68. The Hall–Kier alpha value is -0.610. The van der Waals surface area contributed by atoms with Gasteiger partial charge in [-0.05, 0) is 39.2 Å². The van der Waals surface area contributed by atoms with Gasteiger partial charge in [-0.2, -0.15) is 0 Å². The third-order valence-corrected chi connectivity index (χ3v) is 4.44. The van der Waals surface area contributed by atoms with Crippen LogP contribution in [-0.4, -0.2) is 49.7 Å². The highest BCUT2D eigenvalue weighted by molar-refractivity contribution is 5.83. The third-order valence-electron chi connectivity index (χ3n) is 4.44. The van der Waals surface area contributed by atoms with E-state index in [0.29, 0.717) is 5.91 Å². The van der Waals surface area contributed by atoms with Crippen molar-refractivity contribution in [2.24, 2.45) is 5.41 Å². The summed E-state index contributed by atoms with van der Waals surface area (Å²) in [5.41, 5.74) is -0.145. The minimum Gasteiger partial charge on any atom is -0.377 e. The predicted octanol–water partition coefficient (Wildman–Crippen LogP) is 1.40. The molecule has 1 N–H and O–H groups in total. The molecule has 18 heavy (non-hydrogen) atoms. The van der Waals surface area contributed by atoms with Gasteiger partial charge in [0.15, 0.2) is 0 Å². The van der Waals surface area contributed by atoms with E-state index >= 15 is 0 Å². The molecule has 0 aromatic rings. The van der Waals surface area contributed by atoms with Gasteiger partial charge in [0.2, 0.25) is 5.91 Å². The normalized spacial score (nSPS) is 32.8. The summed E-state index contributed by atoms with van der Waals surface area (Å²) in [6, 6.07) is 0. The second-order valence-corrected chi connectivity index (χ2v) is 5.53. The molecule has 2 aliphatic rings. The number of carbonyl (C=O) groups is 1. The Morgan fingerprint density at radius 3 is 2.94 bits per heavy atom. The highest BCUT2D eigenvalue weighted by Crippen LogP contribution is 2.32. The highest BCUT2D eigenvalue weighted by Gasteiger charge is 2.42. The Labute approximate surface area is 110 Å². The monoisotopic (exact) mass is 254 g/mol. The number of rotatable bonds is 4. The summed E-state index contributed by atoms with van der Waals surface area (Å²) >= 11 is 0. The van der Waals surface area contributed by atoms with Crippen LogP contribution < -0.4 is 5.32 Å². The average Bonchev–Trinajstić information content (AvgIpc) is 2.88. The van der Waals surface area contributed by atoms with Gasteiger partial charge >= 0.3 is 0 Å². The number of amides is 1. The lowest BCUT2D eigenvalue weighted by Crippen LogP contribution is -2.50. The molecule has 2 rings (SSSR count). The molecule has 4 nitrogen and oxygen atoms in total. The number of nitrogens with zero attached hydrogens (tertiary/aromatic N) is 1. The summed E-state index contributed by atoms with van der Waals surface area (Å²) in [6.45, 7) is 8.41. The Kier molecular flexibility index (Phi) is 4.62. The Balaban J connectivity index is 1.99. The summed E-state index contributed by atoms with van der Waals surface area (Å²) in [5, 5.41) is 3.34. The molecular weight excluding hydrogens is 228 g/mol. The molecule has 4 heteroatoms. The predicted molar refractivity (Wildman–Crippen MR) is 71.4 cm³/mol. The maximum atomic E-state index is 12.7. The second-order valence-electron chi connectivity index (χ2n) is 5.53. The van der Waals surface area contributed by atoms with Crippen LogP contribution >= 0.6 is 0 Å². The van der Waals surface area contributed by atoms with Crippen molar-refractivity contribution in [1.82, 2.24) is 10.2 Å². The van der Waals surface area contributed by atoms with Gasteiger partial charge in [-0.1, -0.05) is 6.92 Å². The van der Waals surface area contributed by atoms with Crippen LogP contribution in [0.15, 0.2) is 0 Å². The zero-order valence-corrected chi connectivity index (χ0v) is 11.7. The van der Waals surface area contributed by atoms with Crippen molar-refractivity contribution in [3.63, 3.8) is 0 Å². The molecule has 104 valence electrons. The van der Waals surface area contributed by atoms with Crippen LogP contribution in [0.5, 0.6) is 0 Å². The molecule has 0 spiro atoms. The Morgan fingerprint density at radius 2 is 2.33 bits per heavy atom. The van der Waals surface area contributed by atoms with E-state index in [1.807, 2.05) is 11.8 Å². The van der Waals surface area contributed by atoms with Crippen LogP contribution in [0.4, 0.5) is 0 Å². The molecule has 0 bridgehead atoms. The molecular formula is C14H26N2O2. The maximum Gasteiger partial charge on any atom is 0.230 e. The molecule has 2 saturated heterocycles. The van der Waals surface area contributed by atoms with Gasteiger partial charge < -0.3 is 15.0 Å². The number of nitrogens with one attached hydrogen (secondary N) is 1. The van der Waals surface area contributed by atoms with Crippen LogP contribution in [0.2, 0.25) is 0 Å². The molecule has 2 fully saturated rings. The van der Waals surface area contributed by atoms with Gasteiger partial charge in [0.05, 0.1) is 11.5 Å². The Bertz CT molecular complexity index is 286. The highest BCUT2D eigenvalue weighted by atomic mass is 16.5. The topological polar surface area (TPSA) is 41.6 Å². The van der Waals surface area contributed by atoms with Crippen molar-refractivity contribution >= 4 is 5.91 Å². The van der Waals surface area contributed by atoms with Crippen molar-refractivity contribution in [1.29, 1.82) is 0 Å². The molecule has 0 aromatic carbocycles. The third kappa shape index (κ3) is 2.69. The minimum atomic E-state index is -0.145. The Morgan fingerprint density at radius 1 is 1.50 bits per heavy atom. The molecule has 0 aliphatic carbocycles. The van der Waals surface area contributed by atoms with Crippen molar-refractivity contribution < 1.29 is 9.53 Å². The van der Waals surface area contributed by atoms with Crippen molar-refractivity contribution in [3.05, 3.63) is 0 Å². The maximum absolute atomic E-state index is 12.7. The van der Waals surface area contributed by atoms with E-state index in [4.69, 9.17) is 4.74 Å². The summed E-state index contributed by atoms with van der Waals surface area (Å²) in [6.07, 6.45) is 4.33. The first-order chi connectivity index (χ1) is 8.72. The molecule has 2 aliphatic heterocycles. The van der Waals surface area contributed by atoms with Crippen LogP contribution in [0.1, 0.15) is 39.5 Å². The number of hydrogen-bond donors (Lipinski definition) is 1. The van der Waals surface area contributed by atoms with Gasteiger partial charge in [0.1, 0.15) is 0 Å². The van der Waals surface area contributed by atoms with Crippen molar-refractivity contribution in [3.8, 4) is 0 Å².